The Labute approximate surface area is 107 Å². The van der Waals surface area contributed by atoms with Gasteiger partial charge in [-0.25, -0.2) is 9.97 Å². The topological polar surface area (TPSA) is 64.1 Å². The van der Waals surface area contributed by atoms with Crippen molar-refractivity contribution >= 4 is 5.91 Å². The van der Waals surface area contributed by atoms with Gasteiger partial charge in [0.05, 0.1) is 24.3 Å². The fourth-order valence-electron chi connectivity index (χ4n) is 2.18. The number of ether oxygens (including phenoxy) is 1. The highest BCUT2D eigenvalue weighted by Crippen LogP contribution is 2.20. The van der Waals surface area contributed by atoms with E-state index in [1.54, 1.807) is 6.20 Å². The number of nitrogens with zero attached hydrogens (tertiary/aromatic N) is 2. The minimum Gasteiger partial charge on any atom is -0.378 e. The zero-order chi connectivity index (χ0) is 13.0. The third kappa shape index (κ3) is 3.26. The van der Waals surface area contributed by atoms with Crippen LogP contribution >= 0.6 is 0 Å². The lowest BCUT2D eigenvalue weighted by molar-refractivity contribution is -0.133. The van der Waals surface area contributed by atoms with Crippen molar-refractivity contribution in [1.82, 2.24) is 15.3 Å². The zero-order valence-electron chi connectivity index (χ0n) is 10.8. The molecule has 1 aliphatic rings. The van der Waals surface area contributed by atoms with Gasteiger partial charge in [-0.3, -0.25) is 4.79 Å². The predicted octanol–water partition coefficient (Wildman–Crippen LogP) is 1.22. The lowest BCUT2D eigenvalue weighted by Gasteiger charge is -2.27. The van der Waals surface area contributed by atoms with Crippen LogP contribution in [0.5, 0.6) is 0 Å². The number of carbonyl (C=O) groups is 1. The van der Waals surface area contributed by atoms with E-state index < -0.39 is 0 Å². The predicted molar refractivity (Wildman–Crippen MR) is 66.8 cm³/mol. The summed E-state index contributed by atoms with van der Waals surface area (Å²) in [5.74, 6) is 0.733. The molecule has 1 aliphatic heterocycles. The highest BCUT2D eigenvalue weighted by atomic mass is 16.5. The minimum atomic E-state index is -0.0401. The van der Waals surface area contributed by atoms with Crippen molar-refractivity contribution in [1.29, 1.82) is 0 Å². The largest absolute Gasteiger partial charge is 0.378 e. The van der Waals surface area contributed by atoms with Gasteiger partial charge in [0.15, 0.2) is 0 Å². The molecule has 1 fully saturated rings. The van der Waals surface area contributed by atoms with Crippen LogP contribution in [0, 0.1) is 12.8 Å². The Morgan fingerprint density at radius 2 is 2.44 bits per heavy atom. The first-order chi connectivity index (χ1) is 8.66. The molecule has 2 unspecified atom stereocenters. The van der Waals surface area contributed by atoms with Crippen molar-refractivity contribution in [2.75, 3.05) is 6.61 Å². The molecular weight excluding hydrogens is 230 g/mol. The quantitative estimate of drug-likeness (QED) is 0.874. The molecule has 1 aromatic heterocycles. The van der Waals surface area contributed by atoms with E-state index in [0.717, 1.165) is 31.0 Å². The van der Waals surface area contributed by atoms with E-state index >= 15 is 0 Å². The second-order valence-corrected chi connectivity index (χ2v) is 4.64. The molecule has 2 heterocycles. The van der Waals surface area contributed by atoms with Crippen LogP contribution in [-0.4, -0.2) is 28.6 Å². The van der Waals surface area contributed by atoms with Crippen molar-refractivity contribution in [2.24, 2.45) is 5.92 Å². The molecular formula is C13H19N3O2. The van der Waals surface area contributed by atoms with Crippen molar-refractivity contribution in [2.45, 2.75) is 39.3 Å². The third-order valence-corrected chi connectivity index (χ3v) is 3.22. The van der Waals surface area contributed by atoms with Gasteiger partial charge in [-0.05, 0) is 32.8 Å². The number of aromatic nitrogens is 2. The average molecular weight is 249 g/mol. The van der Waals surface area contributed by atoms with Gasteiger partial charge < -0.3 is 10.1 Å². The summed E-state index contributed by atoms with van der Waals surface area (Å²) in [6, 6.07) is 1.81. The number of aryl methyl sites for hydroxylation is 1. The molecule has 5 heteroatoms. The summed E-state index contributed by atoms with van der Waals surface area (Å²) in [7, 11) is 0. The second kappa shape index (κ2) is 5.91. The Balaban J connectivity index is 1.88. The first kappa shape index (κ1) is 13.0. The fourth-order valence-corrected chi connectivity index (χ4v) is 2.18. The van der Waals surface area contributed by atoms with Crippen LogP contribution in [0.4, 0.5) is 0 Å². The molecule has 0 bridgehead atoms. The van der Waals surface area contributed by atoms with E-state index in [0.29, 0.717) is 6.54 Å². The molecule has 1 N–H and O–H groups in total. The number of nitrogens with one attached hydrogen (secondary N) is 1. The third-order valence-electron chi connectivity index (χ3n) is 3.22. The van der Waals surface area contributed by atoms with Crippen molar-refractivity contribution in [3.8, 4) is 0 Å². The smallest absolute Gasteiger partial charge is 0.226 e. The molecule has 1 aromatic rings. The summed E-state index contributed by atoms with van der Waals surface area (Å²) in [5, 5.41) is 2.92. The minimum absolute atomic E-state index is 0.00545. The number of amides is 1. The summed E-state index contributed by atoms with van der Waals surface area (Å²) >= 11 is 0. The molecule has 1 amide bonds. The highest BCUT2D eigenvalue weighted by Gasteiger charge is 2.28. The van der Waals surface area contributed by atoms with Gasteiger partial charge in [0, 0.05) is 12.8 Å². The first-order valence-electron chi connectivity index (χ1n) is 6.34. The maximum Gasteiger partial charge on any atom is 0.226 e. The SMILES string of the molecule is Cc1nccc(CNC(=O)C2CCCOC2C)n1. The van der Waals surface area contributed by atoms with Crippen LogP contribution in [0.25, 0.3) is 0 Å². The molecule has 0 saturated carbocycles. The standard InChI is InChI=1S/C13H19N3O2/c1-9-12(4-3-7-18-9)13(17)15-8-11-5-6-14-10(2)16-11/h5-6,9,12H,3-4,7-8H2,1-2H3,(H,15,17). The second-order valence-electron chi connectivity index (χ2n) is 4.64. The summed E-state index contributed by atoms with van der Waals surface area (Å²) in [4.78, 5) is 20.3. The van der Waals surface area contributed by atoms with Crippen molar-refractivity contribution < 1.29 is 9.53 Å². The van der Waals surface area contributed by atoms with Gasteiger partial charge in [-0.1, -0.05) is 0 Å². The number of hydrogen-bond acceptors (Lipinski definition) is 4. The van der Waals surface area contributed by atoms with Crippen LogP contribution < -0.4 is 5.32 Å². The van der Waals surface area contributed by atoms with Gasteiger partial charge in [-0.15, -0.1) is 0 Å². The molecule has 0 aromatic carbocycles. The van der Waals surface area contributed by atoms with Crippen LogP contribution in [-0.2, 0) is 16.1 Å². The molecule has 98 valence electrons. The Hall–Kier alpha value is -1.49. The van der Waals surface area contributed by atoms with Gasteiger partial charge in [0.25, 0.3) is 0 Å². The molecule has 5 nitrogen and oxygen atoms in total. The Kier molecular flexibility index (Phi) is 4.25. The van der Waals surface area contributed by atoms with E-state index in [1.807, 2.05) is 19.9 Å². The lowest BCUT2D eigenvalue weighted by atomic mass is 9.94. The summed E-state index contributed by atoms with van der Waals surface area (Å²) in [5.41, 5.74) is 0.834. The average Bonchev–Trinajstić information content (AvgIpc) is 2.37. The van der Waals surface area contributed by atoms with Gasteiger partial charge in [-0.2, -0.15) is 0 Å². The first-order valence-corrected chi connectivity index (χ1v) is 6.34. The van der Waals surface area contributed by atoms with Gasteiger partial charge in [0.2, 0.25) is 5.91 Å². The molecule has 1 saturated heterocycles. The number of carbonyl (C=O) groups excluding carboxylic acids is 1. The van der Waals surface area contributed by atoms with Gasteiger partial charge >= 0.3 is 0 Å². The molecule has 0 radical (unpaired) electrons. The maximum atomic E-state index is 12.0. The van der Waals surface area contributed by atoms with E-state index in [-0.39, 0.29) is 17.9 Å². The molecule has 0 aliphatic carbocycles. The zero-order valence-corrected chi connectivity index (χ0v) is 10.8. The Bertz CT molecular complexity index is 422. The summed E-state index contributed by atoms with van der Waals surface area (Å²) in [6.45, 7) is 5.00. The number of hydrogen-bond donors (Lipinski definition) is 1. The lowest BCUT2D eigenvalue weighted by Crippen LogP contribution is -2.40. The normalized spacial score (nSPS) is 23.7. The van der Waals surface area contributed by atoms with Crippen molar-refractivity contribution in [3.63, 3.8) is 0 Å². The van der Waals surface area contributed by atoms with Crippen LogP contribution in [0.3, 0.4) is 0 Å². The van der Waals surface area contributed by atoms with Crippen molar-refractivity contribution in [3.05, 3.63) is 23.8 Å². The van der Waals surface area contributed by atoms with E-state index in [1.165, 1.54) is 0 Å². The van der Waals surface area contributed by atoms with Crippen LogP contribution in [0.15, 0.2) is 12.3 Å². The molecule has 2 rings (SSSR count). The van der Waals surface area contributed by atoms with Gasteiger partial charge in [0.1, 0.15) is 5.82 Å². The van der Waals surface area contributed by atoms with E-state index in [2.05, 4.69) is 15.3 Å². The Morgan fingerprint density at radius 3 is 3.17 bits per heavy atom. The monoisotopic (exact) mass is 249 g/mol. The molecule has 0 spiro atoms. The molecule has 2 atom stereocenters. The molecule has 18 heavy (non-hydrogen) atoms. The highest BCUT2D eigenvalue weighted by molar-refractivity contribution is 5.79. The number of rotatable bonds is 3. The van der Waals surface area contributed by atoms with Crippen LogP contribution in [0.2, 0.25) is 0 Å². The maximum absolute atomic E-state index is 12.0. The van der Waals surface area contributed by atoms with E-state index in [9.17, 15) is 4.79 Å². The van der Waals surface area contributed by atoms with E-state index in [4.69, 9.17) is 4.74 Å². The fraction of sp³-hybridized carbons (Fsp3) is 0.615. The summed E-state index contributed by atoms with van der Waals surface area (Å²) < 4.78 is 5.50. The van der Waals surface area contributed by atoms with Crippen LogP contribution in [0.1, 0.15) is 31.3 Å². The summed E-state index contributed by atoms with van der Waals surface area (Å²) in [6.07, 6.45) is 3.56. The Morgan fingerprint density at radius 1 is 1.61 bits per heavy atom.